The van der Waals surface area contributed by atoms with Crippen LogP contribution in [0.2, 0.25) is 0 Å². The number of anilines is 2. The number of aromatic nitrogens is 2. The lowest BCUT2D eigenvalue weighted by molar-refractivity contribution is 0.482. The highest BCUT2D eigenvalue weighted by Gasteiger charge is 2.26. The second kappa shape index (κ2) is 7.10. The normalized spacial score (nSPS) is 15.2. The molecule has 3 heterocycles. The van der Waals surface area contributed by atoms with Crippen LogP contribution in [0.5, 0.6) is 0 Å². The summed E-state index contributed by atoms with van der Waals surface area (Å²) in [6, 6.07) is 9.92. The van der Waals surface area contributed by atoms with Crippen molar-refractivity contribution in [2.24, 2.45) is 7.05 Å². The zero-order valence-electron chi connectivity index (χ0n) is 16.4. The predicted octanol–water partition coefficient (Wildman–Crippen LogP) is 3.06. The van der Waals surface area contributed by atoms with Gasteiger partial charge in [0.15, 0.2) is 0 Å². The average Bonchev–Trinajstić information content (AvgIpc) is 3.31. The van der Waals surface area contributed by atoms with Crippen LogP contribution in [0, 0.1) is 0 Å². The van der Waals surface area contributed by atoms with E-state index >= 15 is 0 Å². The molecule has 0 radical (unpaired) electrons. The quantitative estimate of drug-likeness (QED) is 0.716. The molecule has 8 heteroatoms. The first-order valence-corrected chi connectivity index (χ1v) is 10.8. The maximum absolute atomic E-state index is 12.8. The van der Waals surface area contributed by atoms with E-state index in [9.17, 15) is 8.42 Å². The Morgan fingerprint density at radius 1 is 1.14 bits per heavy atom. The van der Waals surface area contributed by atoms with E-state index in [0.29, 0.717) is 18.8 Å². The van der Waals surface area contributed by atoms with Gasteiger partial charge in [0.2, 0.25) is 0 Å². The molecule has 28 heavy (non-hydrogen) atoms. The van der Waals surface area contributed by atoms with Gasteiger partial charge in [-0.1, -0.05) is 12.1 Å². The number of benzene rings is 1. The number of aryl methyl sites for hydroxylation is 1. The fourth-order valence-electron chi connectivity index (χ4n) is 3.69. The van der Waals surface area contributed by atoms with E-state index in [2.05, 4.69) is 15.8 Å². The van der Waals surface area contributed by atoms with Crippen molar-refractivity contribution in [3.63, 3.8) is 0 Å². The van der Waals surface area contributed by atoms with Gasteiger partial charge in [-0.15, -0.1) is 0 Å². The Kier molecular flexibility index (Phi) is 4.76. The van der Waals surface area contributed by atoms with Crippen LogP contribution < -0.4 is 9.62 Å². The number of hydrogen-bond donors (Lipinski definition) is 1. The minimum absolute atomic E-state index is 0.558. The molecule has 3 aromatic rings. The Labute approximate surface area is 165 Å². The molecule has 1 aliphatic rings. The number of fused-ring (bicyclic) bond motifs is 1. The van der Waals surface area contributed by atoms with Crippen LogP contribution in [-0.2, 0) is 17.3 Å². The van der Waals surface area contributed by atoms with Gasteiger partial charge in [-0.25, -0.2) is 4.98 Å². The summed E-state index contributed by atoms with van der Waals surface area (Å²) in [5.74, 6) is 0. The summed E-state index contributed by atoms with van der Waals surface area (Å²) in [6.45, 7) is 1.13. The molecule has 1 N–H and O–H groups in total. The highest BCUT2D eigenvalue weighted by atomic mass is 32.2. The third kappa shape index (κ3) is 3.33. The van der Waals surface area contributed by atoms with Crippen LogP contribution >= 0.6 is 0 Å². The van der Waals surface area contributed by atoms with Crippen molar-refractivity contribution in [1.29, 1.82) is 0 Å². The van der Waals surface area contributed by atoms with Crippen molar-refractivity contribution in [3.05, 3.63) is 42.7 Å². The van der Waals surface area contributed by atoms with E-state index in [1.54, 1.807) is 12.3 Å². The van der Waals surface area contributed by atoms with E-state index in [-0.39, 0.29) is 0 Å². The topological polar surface area (TPSA) is 70.5 Å². The minimum atomic E-state index is -3.58. The number of pyridine rings is 1. The summed E-state index contributed by atoms with van der Waals surface area (Å²) in [5, 5.41) is 0.809. The Morgan fingerprint density at radius 3 is 2.61 bits per heavy atom. The highest BCUT2D eigenvalue weighted by molar-refractivity contribution is 7.90. The molecule has 2 aromatic heterocycles. The Hall–Kier alpha value is -2.58. The van der Waals surface area contributed by atoms with Crippen molar-refractivity contribution in [1.82, 2.24) is 13.9 Å². The lowest BCUT2D eigenvalue weighted by Crippen LogP contribution is -2.33. The molecule has 1 saturated heterocycles. The molecular formula is C20H25N5O2S. The first-order valence-electron chi connectivity index (χ1n) is 9.36. The zero-order chi connectivity index (χ0) is 19.9. The van der Waals surface area contributed by atoms with Crippen molar-refractivity contribution < 1.29 is 8.42 Å². The van der Waals surface area contributed by atoms with Gasteiger partial charge in [-0.2, -0.15) is 12.7 Å². The lowest BCUT2D eigenvalue weighted by Gasteiger charge is -2.18. The Bertz CT molecular complexity index is 1110. The van der Waals surface area contributed by atoms with Gasteiger partial charge in [0.25, 0.3) is 0 Å². The van der Waals surface area contributed by atoms with Crippen molar-refractivity contribution in [3.8, 4) is 11.1 Å². The SMILES string of the molecule is CN(C)c1cccc(-c2cn(C)c3nccc(NS(=O)(=O)N4CCCC4)c23)c1. The van der Waals surface area contributed by atoms with Gasteiger partial charge < -0.3 is 9.47 Å². The predicted molar refractivity (Wildman–Crippen MR) is 114 cm³/mol. The largest absolute Gasteiger partial charge is 0.378 e. The fraction of sp³-hybridized carbons (Fsp3) is 0.350. The van der Waals surface area contributed by atoms with E-state index in [0.717, 1.165) is 40.7 Å². The smallest absolute Gasteiger partial charge is 0.301 e. The summed E-state index contributed by atoms with van der Waals surface area (Å²) in [5.41, 5.74) is 4.35. The summed E-state index contributed by atoms with van der Waals surface area (Å²) in [7, 11) is 2.35. The molecule has 0 saturated carbocycles. The van der Waals surface area contributed by atoms with Crippen LogP contribution in [0.1, 0.15) is 12.8 Å². The number of rotatable bonds is 5. The van der Waals surface area contributed by atoms with Gasteiger partial charge in [-0.05, 0) is 36.6 Å². The molecule has 0 bridgehead atoms. The van der Waals surface area contributed by atoms with Crippen molar-refractivity contribution in [2.75, 3.05) is 36.8 Å². The maximum Gasteiger partial charge on any atom is 0.301 e. The van der Waals surface area contributed by atoms with Gasteiger partial charge in [0.05, 0.1) is 11.1 Å². The molecule has 0 amide bonds. The molecular weight excluding hydrogens is 374 g/mol. The van der Waals surface area contributed by atoms with Crippen LogP contribution in [0.15, 0.2) is 42.7 Å². The van der Waals surface area contributed by atoms with Gasteiger partial charge in [-0.3, -0.25) is 4.72 Å². The second-order valence-electron chi connectivity index (χ2n) is 7.37. The molecule has 0 atom stereocenters. The summed E-state index contributed by atoms with van der Waals surface area (Å²) >= 11 is 0. The number of hydrogen-bond acceptors (Lipinski definition) is 4. The Balaban J connectivity index is 1.84. The van der Waals surface area contributed by atoms with Crippen LogP contribution in [-0.4, -0.2) is 49.5 Å². The Morgan fingerprint density at radius 2 is 1.89 bits per heavy atom. The molecule has 148 valence electrons. The van der Waals surface area contributed by atoms with Crippen LogP contribution in [0.25, 0.3) is 22.2 Å². The lowest BCUT2D eigenvalue weighted by atomic mass is 10.0. The molecule has 1 aromatic carbocycles. The van der Waals surface area contributed by atoms with E-state index in [1.807, 2.05) is 55.0 Å². The molecule has 1 aliphatic heterocycles. The van der Waals surface area contributed by atoms with Crippen LogP contribution in [0.4, 0.5) is 11.4 Å². The van der Waals surface area contributed by atoms with Gasteiger partial charge in [0.1, 0.15) is 5.65 Å². The van der Waals surface area contributed by atoms with Gasteiger partial charge in [0, 0.05) is 57.9 Å². The molecule has 0 aliphatic carbocycles. The molecule has 4 rings (SSSR count). The third-order valence-corrected chi connectivity index (χ3v) is 6.70. The average molecular weight is 400 g/mol. The summed E-state index contributed by atoms with van der Waals surface area (Å²) in [4.78, 5) is 6.52. The first-order chi connectivity index (χ1) is 13.4. The number of nitrogens with one attached hydrogen (secondary N) is 1. The highest BCUT2D eigenvalue weighted by Crippen LogP contribution is 2.36. The number of nitrogens with zero attached hydrogens (tertiary/aromatic N) is 4. The minimum Gasteiger partial charge on any atom is -0.378 e. The summed E-state index contributed by atoms with van der Waals surface area (Å²) in [6.07, 6.45) is 5.45. The second-order valence-corrected chi connectivity index (χ2v) is 9.04. The van der Waals surface area contributed by atoms with E-state index in [4.69, 9.17) is 0 Å². The molecule has 0 spiro atoms. The van der Waals surface area contributed by atoms with Crippen molar-refractivity contribution in [2.45, 2.75) is 12.8 Å². The van der Waals surface area contributed by atoms with E-state index < -0.39 is 10.2 Å². The third-order valence-electron chi connectivity index (χ3n) is 5.17. The van der Waals surface area contributed by atoms with Crippen molar-refractivity contribution >= 4 is 32.6 Å². The first kappa shape index (κ1) is 18.8. The zero-order valence-corrected chi connectivity index (χ0v) is 17.2. The standard InChI is InChI=1S/C20H25N5O2S/c1-23(2)16-8-6-7-15(13-16)17-14-24(3)20-19(17)18(9-10-21-20)22-28(26,27)25-11-4-5-12-25/h6-10,13-14H,4-5,11-12H2,1-3H3,(H,21,22). The molecule has 1 fully saturated rings. The summed E-state index contributed by atoms with van der Waals surface area (Å²) < 4.78 is 31.9. The van der Waals surface area contributed by atoms with E-state index in [1.165, 1.54) is 4.31 Å². The van der Waals surface area contributed by atoms with Gasteiger partial charge >= 0.3 is 10.2 Å². The fourth-order valence-corrected chi connectivity index (χ4v) is 5.01. The molecule has 0 unspecified atom stereocenters. The van der Waals surface area contributed by atoms with Crippen LogP contribution in [0.3, 0.4) is 0 Å². The molecule has 7 nitrogen and oxygen atoms in total. The maximum atomic E-state index is 12.8. The monoisotopic (exact) mass is 399 g/mol.